The molecule has 1 heterocycles. The highest BCUT2D eigenvalue weighted by Gasteiger charge is 2.31. The molecule has 0 spiro atoms. The van der Waals surface area contributed by atoms with Gasteiger partial charge in [-0.05, 0) is 67.1 Å². The second kappa shape index (κ2) is 11.8. The van der Waals surface area contributed by atoms with Crippen molar-refractivity contribution in [2.24, 2.45) is 11.3 Å². The van der Waals surface area contributed by atoms with Crippen molar-refractivity contribution >= 4 is 0 Å². The van der Waals surface area contributed by atoms with E-state index in [-0.39, 0.29) is 5.82 Å². The highest BCUT2D eigenvalue weighted by atomic mass is 19.1. The van der Waals surface area contributed by atoms with Crippen LogP contribution < -0.4 is 0 Å². The van der Waals surface area contributed by atoms with Crippen molar-refractivity contribution in [2.75, 3.05) is 13.2 Å². The van der Waals surface area contributed by atoms with Gasteiger partial charge in [-0.1, -0.05) is 82.9 Å². The van der Waals surface area contributed by atoms with Crippen LogP contribution in [0.15, 0.2) is 42.5 Å². The molecule has 0 atom stereocenters. The first kappa shape index (κ1) is 25.4. The van der Waals surface area contributed by atoms with Gasteiger partial charge in [0.05, 0.1) is 13.2 Å². The lowest BCUT2D eigenvalue weighted by Gasteiger charge is -2.38. The van der Waals surface area contributed by atoms with Gasteiger partial charge in [0.15, 0.2) is 6.29 Å². The Morgan fingerprint density at radius 1 is 0.882 bits per heavy atom. The van der Waals surface area contributed by atoms with E-state index in [2.05, 4.69) is 45.0 Å². The van der Waals surface area contributed by atoms with Gasteiger partial charge in [-0.3, -0.25) is 0 Å². The molecule has 2 aromatic rings. The summed E-state index contributed by atoms with van der Waals surface area (Å²) in [6, 6.07) is 14.0. The molecule has 1 aliphatic heterocycles. The molecule has 0 unspecified atom stereocenters. The van der Waals surface area contributed by atoms with E-state index in [1.165, 1.54) is 56.9 Å². The molecule has 1 saturated heterocycles. The highest BCUT2D eigenvalue weighted by Crippen LogP contribution is 2.46. The van der Waals surface area contributed by atoms with Crippen LogP contribution in [0.25, 0.3) is 11.1 Å². The van der Waals surface area contributed by atoms with Gasteiger partial charge in [-0.2, -0.15) is 0 Å². The van der Waals surface area contributed by atoms with Gasteiger partial charge >= 0.3 is 0 Å². The van der Waals surface area contributed by atoms with E-state index in [0.717, 1.165) is 24.0 Å². The lowest BCUT2D eigenvalue weighted by molar-refractivity contribution is -0.206. The molecule has 1 aliphatic carbocycles. The first-order valence-corrected chi connectivity index (χ1v) is 13.6. The summed E-state index contributed by atoms with van der Waals surface area (Å²) in [5.41, 5.74) is 4.27. The van der Waals surface area contributed by atoms with Gasteiger partial charge in [0.25, 0.3) is 0 Å². The fourth-order valence-corrected chi connectivity index (χ4v) is 5.86. The van der Waals surface area contributed by atoms with Gasteiger partial charge in [0, 0.05) is 17.0 Å². The van der Waals surface area contributed by atoms with Crippen molar-refractivity contribution < 1.29 is 13.9 Å². The summed E-state index contributed by atoms with van der Waals surface area (Å²) in [7, 11) is 0. The fourth-order valence-electron chi connectivity index (χ4n) is 5.86. The fraction of sp³-hybridized carbons (Fsp3) is 0.613. The Morgan fingerprint density at radius 3 is 2.18 bits per heavy atom. The van der Waals surface area contributed by atoms with Crippen LogP contribution in [-0.2, 0) is 9.47 Å². The van der Waals surface area contributed by atoms with Gasteiger partial charge in [0.2, 0.25) is 0 Å². The quantitative estimate of drug-likeness (QED) is 0.343. The summed E-state index contributed by atoms with van der Waals surface area (Å²) in [6.45, 7) is 8.31. The third kappa shape index (κ3) is 6.29. The third-order valence-corrected chi connectivity index (χ3v) is 8.20. The molecule has 0 radical (unpaired) electrons. The summed E-state index contributed by atoms with van der Waals surface area (Å²) in [5, 5.41) is 0. The maximum Gasteiger partial charge on any atom is 0.183 e. The average Bonchev–Trinajstić information content (AvgIpc) is 2.85. The minimum Gasteiger partial charge on any atom is -0.348 e. The molecule has 2 fully saturated rings. The maximum absolute atomic E-state index is 15.0. The topological polar surface area (TPSA) is 18.5 Å². The van der Waals surface area contributed by atoms with Crippen LogP contribution in [0.5, 0.6) is 0 Å². The monoisotopic (exact) mass is 466 g/mol. The normalized spacial score (nSPS) is 27.6. The maximum atomic E-state index is 15.0. The zero-order valence-electron chi connectivity index (χ0n) is 21.5. The van der Waals surface area contributed by atoms with Gasteiger partial charge in [-0.25, -0.2) is 4.39 Å². The van der Waals surface area contributed by atoms with Crippen molar-refractivity contribution in [3.05, 3.63) is 59.4 Å². The van der Waals surface area contributed by atoms with E-state index >= 15 is 4.39 Å². The van der Waals surface area contributed by atoms with Crippen LogP contribution >= 0.6 is 0 Å². The van der Waals surface area contributed by atoms with Crippen LogP contribution in [0, 0.1) is 17.2 Å². The largest absolute Gasteiger partial charge is 0.348 e. The summed E-state index contributed by atoms with van der Waals surface area (Å²) in [5.74, 6) is 0.870. The molecule has 186 valence electrons. The van der Waals surface area contributed by atoms with Gasteiger partial charge in [-0.15, -0.1) is 0 Å². The predicted octanol–water partition coefficient (Wildman–Crippen LogP) is 9.20. The van der Waals surface area contributed by atoms with Crippen molar-refractivity contribution in [1.29, 1.82) is 0 Å². The van der Waals surface area contributed by atoms with Crippen LogP contribution in [-0.4, -0.2) is 13.2 Å². The average molecular weight is 467 g/mol. The Kier molecular flexibility index (Phi) is 8.82. The van der Waals surface area contributed by atoms with Crippen LogP contribution in [0.4, 0.5) is 4.39 Å². The van der Waals surface area contributed by atoms with E-state index in [9.17, 15) is 0 Å². The number of halogens is 1. The second-order valence-corrected chi connectivity index (χ2v) is 11.1. The minimum absolute atomic E-state index is 0.214. The summed E-state index contributed by atoms with van der Waals surface area (Å²) < 4.78 is 26.8. The SMILES string of the molecule is CCCCCC1(C)CCC(c2ccc(-c3ccc(C4OCC(CCC)CO4)cc3F)cc2)CC1. The van der Waals surface area contributed by atoms with Gasteiger partial charge < -0.3 is 9.47 Å². The minimum atomic E-state index is -0.460. The smallest absolute Gasteiger partial charge is 0.183 e. The van der Waals surface area contributed by atoms with Crippen LogP contribution in [0.2, 0.25) is 0 Å². The zero-order chi connectivity index (χ0) is 24.0. The third-order valence-electron chi connectivity index (χ3n) is 8.20. The number of ether oxygens (including phenoxy) is 2. The van der Waals surface area contributed by atoms with E-state index in [1.54, 1.807) is 6.07 Å². The Labute approximate surface area is 206 Å². The van der Waals surface area contributed by atoms with E-state index in [1.807, 2.05) is 12.1 Å². The van der Waals surface area contributed by atoms with Crippen molar-refractivity contribution in [3.8, 4) is 11.1 Å². The molecule has 0 aromatic heterocycles. The second-order valence-electron chi connectivity index (χ2n) is 11.1. The molecule has 1 saturated carbocycles. The molecule has 2 nitrogen and oxygen atoms in total. The Morgan fingerprint density at radius 2 is 1.56 bits per heavy atom. The van der Waals surface area contributed by atoms with Gasteiger partial charge in [0.1, 0.15) is 5.82 Å². The first-order valence-electron chi connectivity index (χ1n) is 13.6. The summed E-state index contributed by atoms with van der Waals surface area (Å²) in [6.07, 6.45) is 12.4. The molecule has 2 aromatic carbocycles. The summed E-state index contributed by atoms with van der Waals surface area (Å²) >= 11 is 0. The van der Waals surface area contributed by atoms with E-state index in [0.29, 0.717) is 36.0 Å². The number of hydrogen-bond acceptors (Lipinski definition) is 2. The molecule has 34 heavy (non-hydrogen) atoms. The van der Waals surface area contributed by atoms with Crippen molar-refractivity contribution in [3.63, 3.8) is 0 Å². The Balaban J connectivity index is 1.35. The Bertz CT molecular complexity index is 890. The lowest BCUT2D eigenvalue weighted by Crippen LogP contribution is -2.27. The number of hydrogen-bond donors (Lipinski definition) is 0. The standard InChI is InChI=1S/C31H43FO2/c1-4-6-7-17-31(3)18-15-25(16-19-31)24-9-11-26(12-10-24)28-14-13-27(20-29(28)32)30-33-21-23(8-5-2)22-34-30/h9-14,20,23,25,30H,4-8,15-19,21-22H2,1-3H3. The molecule has 0 N–H and O–H groups in total. The molecule has 3 heteroatoms. The molecule has 4 rings (SSSR count). The lowest BCUT2D eigenvalue weighted by atomic mass is 9.68. The van der Waals surface area contributed by atoms with Crippen molar-refractivity contribution in [1.82, 2.24) is 0 Å². The van der Waals surface area contributed by atoms with Crippen LogP contribution in [0.1, 0.15) is 108 Å². The highest BCUT2D eigenvalue weighted by molar-refractivity contribution is 5.65. The molecular formula is C31H43FO2. The molecule has 2 aliphatic rings. The zero-order valence-corrected chi connectivity index (χ0v) is 21.5. The Hall–Kier alpha value is -1.71. The number of unbranched alkanes of at least 4 members (excludes halogenated alkanes) is 2. The predicted molar refractivity (Wildman–Crippen MR) is 138 cm³/mol. The number of benzene rings is 2. The van der Waals surface area contributed by atoms with E-state index in [4.69, 9.17) is 9.47 Å². The van der Waals surface area contributed by atoms with Crippen LogP contribution in [0.3, 0.4) is 0 Å². The number of rotatable bonds is 9. The first-order chi connectivity index (χ1) is 16.5. The van der Waals surface area contributed by atoms with E-state index < -0.39 is 6.29 Å². The summed E-state index contributed by atoms with van der Waals surface area (Å²) in [4.78, 5) is 0. The molecule has 0 bridgehead atoms. The van der Waals surface area contributed by atoms with Crippen molar-refractivity contribution in [2.45, 2.75) is 97.2 Å². The molecule has 0 amide bonds. The molecular weight excluding hydrogens is 423 g/mol.